The van der Waals surface area contributed by atoms with Crippen molar-refractivity contribution in [1.82, 2.24) is 9.38 Å². The molecule has 0 unspecified atom stereocenters. The highest BCUT2D eigenvalue weighted by Gasteiger charge is 2.12. The summed E-state index contributed by atoms with van der Waals surface area (Å²) in [6, 6.07) is 13.8. The van der Waals surface area contributed by atoms with E-state index in [1.807, 2.05) is 29.5 Å². The van der Waals surface area contributed by atoms with E-state index in [1.54, 1.807) is 30.5 Å². The molecule has 0 radical (unpaired) electrons. The highest BCUT2D eigenvalue weighted by molar-refractivity contribution is 6.04. The van der Waals surface area contributed by atoms with E-state index in [0.29, 0.717) is 17.0 Å². The first-order valence-electron chi connectivity index (χ1n) is 7.40. The molecule has 4 rings (SSSR count). The number of amides is 1. The molecule has 0 saturated carbocycles. The topological polar surface area (TPSA) is 76.6 Å². The Kier molecular flexibility index (Phi) is 3.16. The summed E-state index contributed by atoms with van der Waals surface area (Å²) < 4.78 is 6.94. The Labute approximate surface area is 136 Å². The van der Waals surface area contributed by atoms with Crippen LogP contribution in [0.1, 0.15) is 16.2 Å². The molecule has 0 fully saturated rings. The number of anilines is 1. The molecule has 0 aliphatic heterocycles. The highest BCUT2D eigenvalue weighted by Crippen LogP contribution is 2.18. The zero-order valence-corrected chi connectivity index (χ0v) is 12.8. The molecule has 6 nitrogen and oxygen atoms in total. The van der Waals surface area contributed by atoms with Crippen molar-refractivity contribution >= 4 is 28.2 Å². The van der Waals surface area contributed by atoms with Gasteiger partial charge >= 0.3 is 5.63 Å². The maximum atomic E-state index is 12.4. The first kappa shape index (κ1) is 14.2. The minimum Gasteiger partial charge on any atom is -0.423 e. The van der Waals surface area contributed by atoms with Gasteiger partial charge in [-0.3, -0.25) is 4.79 Å². The van der Waals surface area contributed by atoms with Gasteiger partial charge in [0.1, 0.15) is 16.9 Å². The van der Waals surface area contributed by atoms with Crippen molar-refractivity contribution in [3.8, 4) is 0 Å². The van der Waals surface area contributed by atoms with Gasteiger partial charge in [0.25, 0.3) is 5.91 Å². The normalized spacial score (nSPS) is 11.0. The van der Waals surface area contributed by atoms with Gasteiger partial charge in [-0.15, -0.1) is 0 Å². The Morgan fingerprint density at radius 3 is 2.88 bits per heavy atom. The van der Waals surface area contributed by atoms with Gasteiger partial charge in [0.05, 0.1) is 0 Å². The summed E-state index contributed by atoms with van der Waals surface area (Å²) in [7, 11) is 0. The van der Waals surface area contributed by atoms with Gasteiger partial charge in [-0.1, -0.05) is 6.07 Å². The van der Waals surface area contributed by atoms with E-state index in [4.69, 9.17) is 4.42 Å². The molecule has 1 aromatic carbocycles. The van der Waals surface area contributed by atoms with E-state index >= 15 is 0 Å². The summed E-state index contributed by atoms with van der Waals surface area (Å²) in [4.78, 5) is 28.0. The molecule has 118 valence electrons. The molecule has 24 heavy (non-hydrogen) atoms. The van der Waals surface area contributed by atoms with Crippen LogP contribution in [0, 0.1) is 6.92 Å². The van der Waals surface area contributed by atoms with Gasteiger partial charge in [-0.05, 0) is 43.3 Å². The molecule has 0 bridgehead atoms. The van der Waals surface area contributed by atoms with Crippen molar-refractivity contribution in [3.05, 3.63) is 76.5 Å². The average molecular weight is 319 g/mol. The van der Waals surface area contributed by atoms with Crippen LogP contribution < -0.4 is 10.9 Å². The van der Waals surface area contributed by atoms with Gasteiger partial charge < -0.3 is 14.1 Å². The first-order valence-corrected chi connectivity index (χ1v) is 7.40. The summed E-state index contributed by atoms with van der Waals surface area (Å²) in [6.45, 7) is 1.95. The lowest BCUT2D eigenvalue weighted by atomic mass is 10.2. The minimum atomic E-state index is -0.403. The smallest absolute Gasteiger partial charge is 0.336 e. The SMILES string of the molecule is Cc1cccc2nc(C(=O)Nc3ccc4oc(=O)ccc4c3)cn12. The van der Waals surface area contributed by atoms with E-state index in [1.165, 1.54) is 6.07 Å². The summed E-state index contributed by atoms with van der Waals surface area (Å²) in [6.07, 6.45) is 1.71. The quantitative estimate of drug-likeness (QED) is 0.576. The molecule has 0 saturated heterocycles. The maximum absolute atomic E-state index is 12.4. The van der Waals surface area contributed by atoms with Crippen LogP contribution in [0.15, 0.2) is 63.9 Å². The fourth-order valence-electron chi connectivity index (χ4n) is 2.60. The lowest BCUT2D eigenvalue weighted by molar-refractivity contribution is 0.102. The second-order valence-corrected chi connectivity index (χ2v) is 5.48. The fraction of sp³-hybridized carbons (Fsp3) is 0.0556. The maximum Gasteiger partial charge on any atom is 0.336 e. The molecule has 1 amide bonds. The second kappa shape index (κ2) is 5.34. The number of hydrogen-bond donors (Lipinski definition) is 1. The number of carbonyl (C=O) groups excluding carboxylic acids is 1. The molecule has 0 atom stereocenters. The van der Waals surface area contributed by atoms with E-state index in [0.717, 1.165) is 16.7 Å². The number of benzene rings is 1. The summed E-state index contributed by atoms with van der Waals surface area (Å²) in [5.74, 6) is -0.296. The Balaban J connectivity index is 1.66. The Bertz CT molecular complexity index is 1140. The number of nitrogens with zero attached hydrogens (tertiary/aromatic N) is 2. The molecule has 1 N–H and O–H groups in total. The molecule has 6 heteroatoms. The number of nitrogens with one attached hydrogen (secondary N) is 1. The van der Waals surface area contributed by atoms with E-state index in [9.17, 15) is 9.59 Å². The van der Waals surface area contributed by atoms with E-state index in [2.05, 4.69) is 10.3 Å². The van der Waals surface area contributed by atoms with Crippen molar-refractivity contribution in [2.45, 2.75) is 6.92 Å². The van der Waals surface area contributed by atoms with Crippen LogP contribution in [0.3, 0.4) is 0 Å². The number of imidazole rings is 1. The molecule has 3 aromatic heterocycles. The van der Waals surface area contributed by atoms with E-state index < -0.39 is 5.63 Å². The molecule has 4 aromatic rings. The van der Waals surface area contributed by atoms with Crippen LogP contribution >= 0.6 is 0 Å². The fourth-order valence-corrected chi connectivity index (χ4v) is 2.60. The lowest BCUT2D eigenvalue weighted by Crippen LogP contribution is -2.12. The predicted octanol–water partition coefficient (Wildman–Crippen LogP) is 3.00. The van der Waals surface area contributed by atoms with Gasteiger partial charge in [0.2, 0.25) is 0 Å². The van der Waals surface area contributed by atoms with Crippen LogP contribution in [0.2, 0.25) is 0 Å². The lowest BCUT2D eigenvalue weighted by Gasteiger charge is -2.04. The number of rotatable bonds is 2. The molecule has 3 heterocycles. The minimum absolute atomic E-state index is 0.296. The van der Waals surface area contributed by atoms with Crippen LogP contribution in [0.4, 0.5) is 5.69 Å². The van der Waals surface area contributed by atoms with E-state index in [-0.39, 0.29) is 5.91 Å². The average Bonchev–Trinajstić information content (AvgIpc) is 3.01. The van der Waals surface area contributed by atoms with Gasteiger partial charge in [-0.2, -0.15) is 0 Å². The number of carbonyl (C=O) groups is 1. The predicted molar refractivity (Wildman–Crippen MR) is 90.4 cm³/mol. The molecule has 0 aliphatic rings. The van der Waals surface area contributed by atoms with Gasteiger partial charge in [0, 0.05) is 29.0 Å². The zero-order chi connectivity index (χ0) is 16.7. The summed E-state index contributed by atoms with van der Waals surface area (Å²) in [5.41, 5.74) is 2.74. The van der Waals surface area contributed by atoms with Crippen molar-refractivity contribution in [2.75, 3.05) is 5.32 Å². The van der Waals surface area contributed by atoms with Crippen molar-refractivity contribution < 1.29 is 9.21 Å². The Morgan fingerprint density at radius 2 is 2.04 bits per heavy atom. The first-order chi connectivity index (χ1) is 11.6. The Hall–Kier alpha value is -3.41. The zero-order valence-electron chi connectivity index (χ0n) is 12.8. The van der Waals surface area contributed by atoms with Crippen molar-refractivity contribution in [3.63, 3.8) is 0 Å². The molecular weight excluding hydrogens is 306 g/mol. The summed E-state index contributed by atoms with van der Waals surface area (Å²) >= 11 is 0. The molecule has 0 aliphatic carbocycles. The second-order valence-electron chi connectivity index (χ2n) is 5.48. The number of pyridine rings is 1. The third kappa shape index (κ3) is 2.44. The van der Waals surface area contributed by atoms with Crippen LogP contribution in [0.25, 0.3) is 16.6 Å². The number of aromatic nitrogens is 2. The number of hydrogen-bond acceptors (Lipinski definition) is 4. The van der Waals surface area contributed by atoms with Crippen molar-refractivity contribution in [2.24, 2.45) is 0 Å². The standard InChI is InChI=1S/C18H13N3O3/c1-11-3-2-4-16-20-14(10-21(11)16)18(23)19-13-6-7-15-12(9-13)5-8-17(22)24-15/h2-10H,1H3,(H,19,23). The van der Waals surface area contributed by atoms with Crippen LogP contribution in [0.5, 0.6) is 0 Å². The van der Waals surface area contributed by atoms with Crippen LogP contribution in [-0.4, -0.2) is 15.3 Å². The third-order valence-corrected chi connectivity index (χ3v) is 3.81. The van der Waals surface area contributed by atoms with Gasteiger partial charge in [-0.25, -0.2) is 9.78 Å². The highest BCUT2D eigenvalue weighted by atomic mass is 16.4. The monoisotopic (exact) mass is 319 g/mol. The third-order valence-electron chi connectivity index (χ3n) is 3.81. The van der Waals surface area contributed by atoms with Crippen molar-refractivity contribution in [1.29, 1.82) is 0 Å². The van der Waals surface area contributed by atoms with Gasteiger partial charge in [0.15, 0.2) is 0 Å². The Morgan fingerprint density at radius 1 is 1.17 bits per heavy atom. The number of aryl methyl sites for hydroxylation is 1. The summed E-state index contributed by atoms with van der Waals surface area (Å²) in [5, 5.41) is 3.55. The number of fused-ring (bicyclic) bond motifs is 2. The molecule has 0 spiro atoms. The molecular formula is C18H13N3O3. The largest absolute Gasteiger partial charge is 0.423 e. The van der Waals surface area contributed by atoms with Crippen LogP contribution in [-0.2, 0) is 0 Å².